The van der Waals surface area contributed by atoms with Gasteiger partial charge in [0, 0.05) is 36.0 Å². The van der Waals surface area contributed by atoms with Crippen LogP contribution in [-0.4, -0.2) is 41.3 Å². The average molecular weight is 383 g/mol. The Morgan fingerprint density at radius 1 is 1.32 bits per heavy atom. The van der Waals surface area contributed by atoms with Crippen LogP contribution in [0.2, 0.25) is 0 Å². The van der Waals surface area contributed by atoms with Crippen molar-refractivity contribution in [2.24, 2.45) is 0 Å². The van der Waals surface area contributed by atoms with Crippen molar-refractivity contribution in [3.8, 4) is 11.1 Å². The van der Waals surface area contributed by atoms with E-state index in [-0.39, 0.29) is 12.5 Å². The minimum Gasteiger partial charge on any atom is -0.394 e. The number of carbonyl (C=O) groups is 1. The second kappa shape index (κ2) is 8.29. The Kier molecular flexibility index (Phi) is 6.01. The number of benzene rings is 1. The summed E-state index contributed by atoms with van der Waals surface area (Å²) in [4.78, 5) is 17.0. The molecule has 6 nitrogen and oxygen atoms in total. The van der Waals surface area contributed by atoms with E-state index in [1.54, 1.807) is 13.3 Å². The first kappa shape index (κ1) is 20.3. The molecule has 0 saturated heterocycles. The highest BCUT2D eigenvalue weighted by atomic mass is 16.5. The number of aliphatic hydroxyl groups excluding tert-OH is 1. The minimum atomic E-state index is -0.492. The first-order valence-corrected chi connectivity index (χ1v) is 9.62. The van der Waals surface area contributed by atoms with Gasteiger partial charge in [-0.3, -0.25) is 4.79 Å². The van der Waals surface area contributed by atoms with Crippen LogP contribution in [0, 0.1) is 6.92 Å². The Morgan fingerprint density at radius 3 is 2.71 bits per heavy atom. The van der Waals surface area contributed by atoms with Crippen LogP contribution in [0.1, 0.15) is 48.2 Å². The lowest BCUT2D eigenvalue weighted by atomic mass is 9.97. The van der Waals surface area contributed by atoms with Gasteiger partial charge in [0.1, 0.15) is 5.82 Å². The molecule has 1 amide bonds. The Morgan fingerprint density at radius 2 is 2.07 bits per heavy atom. The lowest BCUT2D eigenvalue weighted by Gasteiger charge is -2.26. The summed E-state index contributed by atoms with van der Waals surface area (Å²) in [7, 11) is 1.64. The molecule has 6 heteroatoms. The van der Waals surface area contributed by atoms with Crippen molar-refractivity contribution in [3.05, 3.63) is 47.2 Å². The Labute approximate surface area is 166 Å². The minimum absolute atomic E-state index is 0.0138. The normalized spacial score (nSPS) is 14.0. The summed E-state index contributed by atoms with van der Waals surface area (Å²) in [6.07, 6.45) is 3.92. The van der Waals surface area contributed by atoms with Crippen molar-refractivity contribution in [1.82, 2.24) is 10.3 Å². The molecule has 150 valence electrons. The number of hydrogen-bond acceptors (Lipinski definition) is 5. The number of methoxy groups -OCH3 is 1. The van der Waals surface area contributed by atoms with Gasteiger partial charge in [-0.15, -0.1) is 0 Å². The number of anilines is 1. The molecule has 1 fully saturated rings. The third-order valence-corrected chi connectivity index (χ3v) is 4.84. The Bertz CT molecular complexity index is 860. The fraction of sp³-hybridized carbons (Fsp3) is 0.455. The zero-order valence-electron chi connectivity index (χ0n) is 17.0. The molecule has 1 aromatic carbocycles. The van der Waals surface area contributed by atoms with Gasteiger partial charge in [0.2, 0.25) is 0 Å². The van der Waals surface area contributed by atoms with E-state index in [1.165, 1.54) is 0 Å². The molecule has 2 aromatic rings. The zero-order valence-corrected chi connectivity index (χ0v) is 17.0. The van der Waals surface area contributed by atoms with Crippen molar-refractivity contribution in [2.45, 2.75) is 51.8 Å². The fourth-order valence-electron chi connectivity index (χ4n) is 2.97. The number of carbonyl (C=O) groups excluding carboxylic acids is 1. The van der Waals surface area contributed by atoms with Gasteiger partial charge < -0.3 is 20.5 Å². The average Bonchev–Trinajstić information content (AvgIpc) is 3.47. The van der Waals surface area contributed by atoms with Gasteiger partial charge in [0.25, 0.3) is 5.91 Å². The molecule has 0 aliphatic heterocycles. The fourth-order valence-corrected chi connectivity index (χ4v) is 2.97. The maximum atomic E-state index is 12.4. The smallest absolute Gasteiger partial charge is 0.251 e. The lowest BCUT2D eigenvalue weighted by molar-refractivity contribution is 0.0951. The van der Waals surface area contributed by atoms with Crippen molar-refractivity contribution in [2.75, 3.05) is 19.0 Å². The van der Waals surface area contributed by atoms with Crippen LogP contribution in [0.15, 0.2) is 30.5 Å². The summed E-state index contributed by atoms with van der Waals surface area (Å²) >= 11 is 0. The highest BCUT2D eigenvalue weighted by molar-refractivity contribution is 5.96. The van der Waals surface area contributed by atoms with E-state index in [2.05, 4.69) is 15.6 Å². The number of pyridine rings is 1. The van der Waals surface area contributed by atoms with Gasteiger partial charge in [0.05, 0.1) is 18.8 Å². The van der Waals surface area contributed by atoms with Crippen LogP contribution in [-0.2, 0) is 11.3 Å². The van der Waals surface area contributed by atoms with Gasteiger partial charge in [-0.2, -0.15) is 0 Å². The van der Waals surface area contributed by atoms with E-state index in [4.69, 9.17) is 4.74 Å². The van der Waals surface area contributed by atoms with E-state index in [9.17, 15) is 9.90 Å². The molecule has 1 aromatic heterocycles. The number of aliphatic hydroxyl groups is 1. The van der Waals surface area contributed by atoms with Crippen LogP contribution in [0.3, 0.4) is 0 Å². The number of amides is 1. The highest BCUT2D eigenvalue weighted by Gasteiger charge is 2.24. The summed E-state index contributed by atoms with van der Waals surface area (Å²) in [5, 5.41) is 15.8. The van der Waals surface area contributed by atoms with Gasteiger partial charge in [-0.05, 0) is 62.9 Å². The quantitative estimate of drug-likeness (QED) is 0.652. The van der Waals surface area contributed by atoms with E-state index in [0.717, 1.165) is 35.1 Å². The number of nitrogens with one attached hydrogen (secondary N) is 2. The van der Waals surface area contributed by atoms with Gasteiger partial charge in [-0.1, -0.05) is 6.07 Å². The van der Waals surface area contributed by atoms with Crippen LogP contribution in [0.5, 0.6) is 0 Å². The number of hydrogen-bond donors (Lipinski definition) is 3. The first-order valence-electron chi connectivity index (χ1n) is 9.62. The standard InChI is InChI=1S/C22H29N3O3/c1-14-5-6-15(21(27)24-18-7-8-18)10-19(14)16-9-17(12-28-4)20(23-11-16)25-22(2,3)13-26/h5-6,9-11,18,26H,7-8,12-13H2,1-4H3,(H,23,25)(H,24,27). The van der Waals surface area contributed by atoms with Crippen LogP contribution in [0.4, 0.5) is 5.82 Å². The molecule has 1 aliphatic carbocycles. The molecule has 0 spiro atoms. The molecule has 28 heavy (non-hydrogen) atoms. The second-order valence-corrected chi connectivity index (χ2v) is 8.11. The number of nitrogens with zero attached hydrogens (tertiary/aromatic N) is 1. The first-order chi connectivity index (χ1) is 13.3. The summed E-state index contributed by atoms with van der Waals surface area (Å²) in [5.74, 6) is 0.654. The number of aryl methyl sites for hydroxylation is 1. The SMILES string of the molecule is COCc1cc(-c2cc(C(=O)NC3CC3)ccc2C)cnc1NC(C)(C)CO. The maximum Gasteiger partial charge on any atom is 0.251 e. The predicted octanol–water partition coefficient (Wildman–Crippen LogP) is 3.28. The van der Waals surface area contributed by atoms with Gasteiger partial charge in [0.15, 0.2) is 0 Å². The number of ether oxygens (including phenoxy) is 1. The Balaban J connectivity index is 1.93. The third-order valence-electron chi connectivity index (χ3n) is 4.84. The molecule has 0 atom stereocenters. The van der Waals surface area contributed by atoms with Crippen molar-refractivity contribution in [3.63, 3.8) is 0 Å². The molecule has 3 rings (SSSR count). The zero-order chi connectivity index (χ0) is 20.3. The van der Waals surface area contributed by atoms with E-state index in [1.807, 2.05) is 45.0 Å². The largest absolute Gasteiger partial charge is 0.394 e. The summed E-state index contributed by atoms with van der Waals surface area (Å²) in [6.45, 7) is 6.22. The Hall–Kier alpha value is -2.44. The maximum absolute atomic E-state index is 12.4. The molecular weight excluding hydrogens is 354 g/mol. The van der Waals surface area contributed by atoms with Crippen LogP contribution >= 0.6 is 0 Å². The van der Waals surface area contributed by atoms with E-state index >= 15 is 0 Å². The van der Waals surface area contributed by atoms with E-state index in [0.29, 0.717) is 24.0 Å². The summed E-state index contributed by atoms with van der Waals surface area (Å²) < 4.78 is 5.34. The summed E-state index contributed by atoms with van der Waals surface area (Å²) in [6, 6.07) is 8.10. The second-order valence-electron chi connectivity index (χ2n) is 8.11. The summed E-state index contributed by atoms with van der Waals surface area (Å²) in [5.41, 5.74) is 4.04. The highest BCUT2D eigenvalue weighted by Crippen LogP contribution is 2.29. The molecule has 3 N–H and O–H groups in total. The monoisotopic (exact) mass is 383 g/mol. The molecule has 1 saturated carbocycles. The van der Waals surface area contributed by atoms with Gasteiger partial charge >= 0.3 is 0 Å². The number of aromatic nitrogens is 1. The number of rotatable bonds is 8. The molecule has 1 heterocycles. The van der Waals surface area contributed by atoms with Crippen LogP contribution in [0.25, 0.3) is 11.1 Å². The molecule has 0 bridgehead atoms. The predicted molar refractivity (Wildman–Crippen MR) is 110 cm³/mol. The van der Waals surface area contributed by atoms with Gasteiger partial charge in [-0.25, -0.2) is 4.98 Å². The van der Waals surface area contributed by atoms with Crippen molar-refractivity contribution >= 4 is 11.7 Å². The van der Waals surface area contributed by atoms with E-state index < -0.39 is 5.54 Å². The third kappa shape index (κ3) is 4.88. The molecular formula is C22H29N3O3. The molecule has 0 radical (unpaired) electrons. The van der Waals surface area contributed by atoms with Crippen molar-refractivity contribution in [1.29, 1.82) is 0 Å². The molecule has 1 aliphatic rings. The van der Waals surface area contributed by atoms with Crippen molar-refractivity contribution < 1.29 is 14.6 Å². The lowest BCUT2D eigenvalue weighted by Crippen LogP contribution is -2.35. The van der Waals surface area contributed by atoms with Crippen LogP contribution < -0.4 is 10.6 Å². The molecule has 0 unspecified atom stereocenters. The topological polar surface area (TPSA) is 83.5 Å².